The van der Waals surface area contributed by atoms with Crippen LogP contribution < -0.4 is 0 Å². The summed E-state index contributed by atoms with van der Waals surface area (Å²) in [5.41, 5.74) is 1.73. The molecule has 0 bridgehead atoms. The van der Waals surface area contributed by atoms with Gasteiger partial charge in [-0.25, -0.2) is 0 Å². The molecular formula is C19H21NO. The Morgan fingerprint density at radius 2 is 1.33 bits per heavy atom. The second-order valence-electron chi connectivity index (χ2n) is 6.53. The molecule has 0 aliphatic carbocycles. The summed E-state index contributed by atoms with van der Waals surface area (Å²) in [6, 6.07) is 20.8. The molecule has 0 unspecified atom stereocenters. The van der Waals surface area contributed by atoms with E-state index in [-0.39, 0.29) is 5.41 Å². The third kappa shape index (κ3) is 2.46. The average Bonchev–Trinajstić information content (AvgIpc) is 2.96. The van der Waals surface area contributed by atoms with Gasteiger partial charge in [-0.15, -0.1) is 0 Å². The number of hydrogen-bond acceptors (Lipinski definition) is 2. The Labute approximate surface area is 126 Å². The molecule has 2 aromatic rings. The highest BCUT2D eigenvalue weighted by Gasteiger charge is 2.44. The third-order valence-electron chi connectivity index (χ3n) is 3.84. The number of nitrogens with zero attached hydrogens (tertiary/aromatic N) is 1. The molecule has 21 heavy (non-hydrogen) atoms. The van der Waals surface area contributed by atoms with Crippen molar-refractivity contribution in [3.05, 3.63) is 71.8 Å². The first kappa shape index (κ1) is 13.9. The van der Waals surface area contributed by atoms with Crippen molar-refractivity contribution in [1.82, 2.24) is 0 Å². The highest BCUT2D eigenvalue weighted by Crippen LogP contribution is 2.40. The normalized spacial score (nSPS) is 17.2. The molecule has 0 spiro atoms. The van der Waals surface area contributed by atoms with E-state index in [0.717, 1.165) is 17.0 Å². The van der Waals surface area contributed by atoms with Gasteiger partial charge in [0.2, 0.25) is 0 Å². The van der Waals surface area contributed by atoms with Gasteiger partial charge in [0.25, 0.3) is 0 Å². The lowest BCUT2D eigenvalue weighted by Gasteiger charge is -2.32. The van der Waals surface area contributed by atoms with Gasteiger partial charge >= 0.3 is 0 Å². The maximum atomic E-state index is 6.44. The minimum absolute atomic E-state index is 0.0781. The van der Waals surface area contributed by atoms with Crippen molar-refractivity contribution in [1.29, 1.82) is 0 Å². The van der Waals surface area contributed by atoms with Gasteiger partial charge in [-0.05, 0) is 0 Å². The van der Waals surface area contributed by atoms with Gasteiger partial charge in [-0.1, -0.05) is 81.4 Å². The van der Waals surface area contributed by atoms with Crippen LogP contribution in [0.4, 0.5) is 0 Å². The highest BCUT2D eigenvalue weighted by molar-refractivity contribution is 5.84. The number of hydrogen-bond donors (Lipinski definition) is 0. The van der Waals surface area contributed by atoms with E-state index in [9.17, 15) is 0 Å². The Morgan fingerprint density at radius 1 is 0.857 bits per heavy atom. The molecule has 3 rings (SSSR count). The first-order valence-electron chi connectivity index (χ1n) is 7.37. The molecule has 2 aromatic carbocycles. The summed E-state index contributed by atoms with van der Waals surface area (Å²) in [6.45, 7) is 7.04. The maximum absolute atomic E-state index is 6.44. The predicted molar refractivity (Wildman–Crippen MR) is 86.5 cm³/mol. The Balaban J connectivity index is 2.08. The van der Waals surface area contributed by atoms with Crippen LogP contribution in [0.5, 0.6) is 0 Å². The minimum Gasteiger partial charge on any atom is -0.462 e. The summed E-state index contributed by atoms with van der Waals surface area (Å²) in [7, 11) is 0. The molecule has 0 aromatic heterocycles. The van der Waals surface area contributed by atoms with Gasteiger partial charge in [0.1, 0.15) is 0 Å². The number of ether oxygens (including phenoxy) is 1. The predicted octanol–water partition coefficient (Wildman–Crippen LogP) is 4.41. The number of benzene rings is 2. The summed E-state index contributed by atoms with van der Waals surface area (Å²) in [4.78, 5) is 4.71. The van der Waals surface area contributed by atoms with Crippen molar-refractivity contribution in [2.45, 2.75) is 26.4 Å². The van der Waals surface area contributed by atoms with Gasteiger partial charge < -0.3 is 4.74 Å². The fourth-order valence-electron chi connectivity index (χ4n) is 2.68. The topological polar surface area (TPSA) is 21.6 Å². The van der Waals surface area contributed by atoms with Gasteiger partial charge in [0.15, 0.2) is 11.5 Å². The van der Waals surface area contributed by atoms with Crippen LogP contribution in [-0.4, -0.2) is 12.4 Å². The summed E-state index contributed by atoms with van der Waals surface area (Å²) in [5, 5.41) is 0. The molecule has 2 heteroatoms. The van der Waals surface area contributed by atoms with E-state index in [4.69, 9.17) is 9.73 Å². The summed E-state index contributed by atoms with van der Waals surface area (Å²) in [6.07, 6.45) is 0. The van der Waals surface area contributed by atoms with Crippen LogP contribution in [0.15, 0.2) is 65.7 Å². The first-order chi connectivity index (χ1) is 10.0. The van der Waals surface area contributed by atoms with E-state index in [1.54, 1.807) is 0 Å². The lowest BCUT2D eigenvalue weighted by molar-refractivity contribution is 0.116. The summed E-state index contributed by atoms with van der Waals surface area (Å²) in [5.74, 6) is 0.829. The molecular weight excluding hydrogens is 258 g/mol. The molecule has 108 valence electrons. The Bertz CT molecular complexity index is 599. The first-order valence-corrected chi connectivity index (χ1v) is 7.37. The molecule has 1 aliphatic rings. The molecule has 0 saturated heterocycles. The Morgan fingerprint density at radius 3 is 1.71 bits per heavy atom. The molecule has 0 fully saturated rings. The molecule has 0 radical (unpaired) electrons. The van der Waals surface area contributed by atoms with Gasteiger partial charge in [0, 0.05) is 16.5 Å². The fraction of sp³-hybridized carbons (Fsp3) is 0.316. The van der Waals surface area contributed by atoms with Crippen LogP contribution in [0, 0.1) is 5.41 Å². The lowest BCUT2D eigenvalue weighted by Crippen LogP contribution is -2.34. The van der Waals surface area contributed by atoms with Crippen molar-refractivity contribution in [2.75, 3.05) is 6.54 Å². The van der Waals surface area contributed by atoms with E-state index in [1.165, 1.54) is 0 Å². The van der Waals surface area contributed by atoms with E-state index >= 15 is 0 Å². The fourth-order valence-corrected chi connectivity index (χ4v) is 2.68. The second-order valence-corrected chi connectivity index (χ2v) is 6.53. The molecule has 0 saturated carbocycles. The van der Waals surface area contributed by atoms with Crippen molar-refractivity contribution in [3.63, 3.8) is 0 Å². The van der Waals surface area contributed by atoms with Crippen molar-refractivity contribution < 1.29 is 4.74 Å². The molecule has 0 N–H and O–H groups in total. The zero-order chi connectivity index (χ0) is 14.9. The SMILES string of the molecule is CC(C)(C)C1=NCC(c2ccccc2)(c2ccccc2)O1. The van der Waals surface area contributed by atoms with Gasteiger partial charge in [-0.2, -0.15) is 0 Å². The van der Waals surface area contributed by atoms with Crippen LogP contribution >= 0.6 is 0 Å². The second kappa shape index (κ2) is 5.03. The molecule has 0 amide bonds. The van der Waals surface area contributed by atoms with Crippen molar-refractivity contribution >= 4 is 5.90 Å². The van der Waals surface area contributed by atoms with Crippen LogP contribution in [0.25, 0.3) is 0 Å². The standard InChI is InChI=1S/C19H21NO/c1-18(2,3)17-20-14-19(21-17,15-10-6-4-7-11-15)16-12-8-5-9-13-16/h4-13H,14H2,1-3H3. The van der Waals surface area contributed by atoms with E-state index < -0.39 is 5.60 Å². The number of rotatable bonds is 2. The molecule has 1 aliphatic heterocycles. The monoisotopic (exact) mass is 279 g/mol. The average molecular weight is 279 g/mol. The van der Waals surface area contributed by atoms with Gasteiger partial charge in [0.05, 0.1) is 6.54 Å². The van der Waals surface area contributed by atoms with Crippen molar-refractivity contribution in [3.8, 4) is 0 Å². The van der Waals surface area contributed by atoms with Crippen LogP contribution in [-0.2, 0) is 10.3 Å². The quantitative estimate of drug-likeness (QED) is 0.798. The van der Waals surface area contributed by atoms with E-state index in [2.05, 4.69) is 69.3 Å². The molecule has 1 heterocycles. The summed E-state index contributed by atoms with van der Waals surface area (Å²) >= 11 is 0. The zero-order valence-electron chi connectivity index (χ0n) is 12.8. The minimum atomic E-state index is -0.495. The Kier molecular flexibility index (Phi) is 3.32. The lowest BCUT2D eigenvalue weighted by atomic mass is 9.86. The zero-order valence-corrected chi connectivity index (χ0v) is 12.8. The molecule has 2 nitrogen and oxygen atoms in total. The third-order valence-corrected chi connectivity index (χ3v) is 3.84. The van der Waals surface area contributed by atoms with Crippen LogP contribution in [0.3, 0.4) is 0 Å². The smallest absolute Gasteiger partial charge is 0.190 e. The largest absolute Gasteiger partial charge is 0.462 e. The van der Waals surface area contributed by atoms with Crippen molar-refractivity contribution in [2.24, 2.45) is 10.4 Å². The molecule has 0 atom stereocenters. The Hall–Kier alpha value is -2.09. The van der Waals surface area contributed by atoms with E-state index in [0.29, 0.717) is 6.54 Å². The maximum Gasteiger partial charge on any atom is 0.190 e. The highest BCUT2D eigenvalue weighted by atomic mass is 16.5. The van der Waals surface area contributed by atoms with E-state index in [1.807, 2.05) is 12.1 Å². The summed E-state index contributed by atoms with van der Waals surface area (Å²) < 4.78 is 6.44. The van der Waals surface area contributed by atoms with Crippen LogP contribution in [0.1, 0.15) is 31.9 Å². The number of aliphatic imine (C=N–C) groups is 1. The van der Waals surface area contributed by atoms with Gasteiger partial charge in [-0.3, -0.25) is 4.99 Å². The van der Waals surface area contributed by atoms with Crippen LogP contribution in [0.2, 0.25) is 0 Å².